The van der Waals surface area contributed by atoms with E-state index in [0.717, 1.165) is 22.8 Å². The molecule has 0 spiro atoms. The van der Waals surface area contributed by atoms with Crippen LogP contribution in [0.3, 0.4) is 0 Å². The van der Waals surface area contributed by atoms with Gasteiger partial charge in [-0.05, 0) is 72.8 Å². The molecule has 0 saturated heterocycles. The van der Waals surface area contributed by atoms with Crippen LogP contribution in [0.2, 0.25) is 0 Å². The molecule has 11 heteroatoms. The zero-order chi connectivity index (χ0) is 29.6. The van der Waals surface area contributed by atoms with E-state index in [4.69, 9.17) is 0 Å². The van der Waals surface area contributed by atoms with Crippen molar-refractivity contribution in [3.8, 4) is 34.2 Å². The molecule has 10 nitrogen and oxygen atoms in total. The van der Waals surface area contributed by atoms with Gasteiger partial charge in [-0.15, -0.1) is 0 Å². The van der Waals surface area contributed by atoms with Crippen molar-refractivity contribution in [2.75, 3.05) is 0 Å². The van der Waals surface area contributed by atoms with Gasteiger partial charge in [0.25, 0.3) is 0 Å². The Kier molecular flexibility index (Phi) is 12.4. The van der Waals surface area contributed by atoms with Crippen molar-refractivity contribution >= 4 is 11.9 Å². The number of hydrogen-bond donors (Lipinski definition) is 0. The molecule has 0 bridgehead atoms. The smallest absolute Gasteiger partial charge is 0.545 e. The third-order valence-electron chi connectivity index (χ3n) is 5.44. The second kappa shape index (κ2) is 16.7. The largest absolute Gasteiger partial charge is 2.00 e. The third-order valence-corrected chi connectivity index (χ3v) is 5.44. The van der Waals surface area contributed by atoms with Crippen molar-refractivity contribution in [1.82, 2.24) is 29.9 Å². The van der Waals surface area contributed by atoms with E-state index >= 15 is 0 Å². The molecule has 0 N–H and O–H groups in total. The summed E-state index contributed by atoms with van der Waals surface area (Å²) in [5, 5.41) is 21.4. The molecule has 6 rings (SSSR count). The van der Waals surface area contributed by atoms with Crippen LogP contribution in [0.5, 0.6) is 0 Å². The molecule has 0 fully saturated rings. The normalized spacial score (nSPS) is 9.58. The summed E-state index contributed by atoms with van der Waals surface area (Å²) in [5.41, 5.74) is 4.05. The van der Waals surface area contributed by atoms with Crippen molar-refractivity contribution in [3.05, 3.63) is 145 Å². The van der Waals surface area contributed by atoms with Crippen LogP contribution < -0.4 is 10.2 Å². The van der Waals surface area contributed by atoms with E-state index in [1.165, 1.54) is 36.7 Å². The summed E-state index contributed by atoms with van der Waals surface area (Å²) in [7, 11) is 0. The summed E-state index contributed by atoms with van der Waals surface area (Å²) < 4.78 is 0. The molecular weight excluding hydrogens is 633 g/mol. The number of aromatic nitrogens is 6. The van der Waals surface area contributed by atoms with Gasteiger partial charge in [-0.25, -0.2) is 0 Å². The maximum atomic E-state index is 10.7. The zero-order valence-corrected chi connectivity index (χ0v) is 24.1. The van der Waals surface area contributed by atoms with Crippen LogP contribution in [0, 0.1) is 0 Å². The van der Waals surface area contributed by atoms with E-state index in [1.807, 2.05) is 72.8 Å². The van der Waals surface area contributed by atoms with Crippen LogP contribution in [0.15, 0.2) is 134 Å². The van der Waals surface area contributed by atoms with Crippen LogP contribution in [0.1, 0.15) is 20.7 Å². The molecule has 212 valence electrons. The summed E-state index contributed by atoms with van der Waals surface area (Å²) in [6, 6.07) is 28.3. The van der Waals surface area contributed by atoms with Crippen molar-refractivity contribution in [2.45, 2.75) is 0 Å². The minimum atomic E-state index is -1.34. The van der Waals surface area contributed by atoms with Crippen LogP contribution in [0.4, 0.5) is 0 Å². The number of hydrogen-bond acceptors (Lipinski definition) is 10. The van der Waals surface area contributed by atoms with Gasteiger partial charge in [0.05, 0.1) is 46.1 Å². The maximum absolute atomic E-state index is 10.7. The Balaban J connectivity index is 0.000000180. The second-order valence-electron chi connectivity index (χ2n) is 8.29. The van der Waals surface area contributed by atoms with Gasteiger partial charge in [-0.3, -0.25) is 29.9 Å². The van der Waals surface area contributed by atoms with Crippen LogP contribution in [-0.4, -0.2) is 41.8 Å². The fraction of sp³-hybridized carbons (Fsp3) is 0. The Morgan fingerprint density at radius 3 is 0.907 bits per heavy atom. The number of carbonyl (C=O) groups excluding carboxylic acids is 2. The number of carboxylic acids is 2. The molecule has 43 heavy (non-hydrogen) atoms. The topological polar surface area (TPSA) is 158 Å². The number of pyridine rings is 6. The molecule has 6 heterocycles. The van der Waals surface area contributed by atoms with Gasteiger partial charge in [0.1, 0.15) is 0 Å². The minimum Gasteiger partial charge on any atom is -0.545 e. The standard InChI is InChI=1S/C12H8N2O4.2C10H8N2.Ru/c15-11(16)7-1-3-13-9(5-7)10-6-8(12(17)18)2-4-14-10;2*1-3-7-11-9(5-1)10-6-2-4-8-12-10;/h1-6H,(H,15,16)(H,17,18);2*1-8H;/q;;;+2/p-2. The zero-order valence-electron chi connectivity index (χ0n) is 22.4. The third kappa shape index (κ3) is 9.80. The van der Waals surface area contributed by atoms with E-state index in [1.54, 1.807) is 24.8 Å². The van der Waals surface area contributed by atoms with Gasteiger partial charge in [0, 0.05) is 48.3 Å². The first-order chi connectivity index (χ1) is 20.5. The van der Waals surface area contributed by atoms with E-state index in [9.17, 15) is 19.8 Å². The van der Waals surface area contributed by atoms with Crippen molar-refractivity contribution in [3.63, 3.8) is 0 Å². The number of carboxylic acid groups (broad SMARTS) is 2. The predicted molar refractivity (Wildman–Crippen MR) is 151 cm³/mol. The van der Waals surface area contributed by atoms with Crippen molar-refractivity contribution < 1.29 is 39.3 Å². The quantitative estimate of drug-likeness (QED) is 0.253. The van der Waals surface area contributed by atoms with Gasteiger partial charge in [0.2, 0.25) is 0 Å². The average Bonchev–Trinajstić information content (AvgIpc) is 3.07. The van der Waals surface area contributed by atoms with Crippen molar-refractivity contribution in [2.24, 2.45) is 0 Å². The first kappa shape index (κ1) is 32.0. The first-order valence-electron chi connectivity index (χ1n) is 12.5. The number of rotatable bonds is 5. The van der Waals surface area contributed by atoms with Gasteiger partial charge in [-0.2, -0.15) is 0 Å². The monoisotopic (exact) mass is 656 g/mol. The molecule has 0 aromatic carbocycles. The minimum absolute atomic E-state index is 0. The number of carbonyl (C=O) groups is 2. The summed E-state index contributed by atoms with van der Waals surface area (Å²) in [5.74, 6) is -2.68. The SMILES string of the molecule is O=C([O-])c1ccnc(-c2cc(C(=O)[O-])ccn2)c1.[Ru+2].c1ccc(-c2ccccn2)nc1.c1ccc(-c2ccccn2)nc1. The summed E-state index contributed by atoms with van der Waals surface area (Å²) >= 11 is 0. The fourth-order valence-electron chi connectivity index (χ4n) is 3.45. The Labute approximate surface area is 260 Å². The summed E-state index contributed by atoms with van der Waals surface area (Å²) in [6.45, 7) is 0. The fourth-order valence-corrected chi connectivity index (χ4v) is 3.45. The predicted octanol–water partition coefficient (Wildman–Crippen LogP) is 3.16. The molecular formula is C32H22N6O4Ru. The van der Waals surface area contributed by atoms with Crippen LogP contribution >= 0.6 is 0 Å². The Bertz CT molecular complexity index is 1520. The molecule has 6 aromatic rings. The average molecular weight is 656 g/mol. The molecule has 0 aliphatic rings. The van der Waals surface area contributed by atoms with Gasteiger partial charge in [0.15, 0.2) is 0 Å². The molecule has 0 atom stereocenters. The first-order valence-corrected chi connectivity index (χ1v) is 12.5. The molecule has 0 radical (unpaired) electrons. The Hall–Kier alpha value is -5.54. The second-order valence-corrected chi connectivity index (χ2v) is 8.29. The molecule has 0 aliphatic carbocycles. The molecule has 0 unspecified atom stereocenters. The molecule has 0 amide bonds. The van der Waals surface area contributed by atoms with E-state index in [-0.39, 0.29) is 42.0 Å². The Morgan fingerprint density at radius 1 is 0.395 bits per heavy atom. The summed E-state index contributed by atoms with van der Waals surface area (Å²) in [4.78, 5) is 46.0. The van der Waals surface area contributed by atoms with Gasteiger partial charge < -0.3 is 19.8 Å². The van der Waals surface area contributed by atoms with Gasteiger partial charge >= 0.3 is 19.5 Å². The van der Waals surface area contributed by atoms with E-state index in [0.29, 0.717) is 0 Å². The number of aromatic carboxylic acids is 2. The van der Waals surface area contributed by atoms with E-state index in [2.05, 4.69) is 29.9 Å². The number of nitrogens with zero attached hydrogens (tertiary/aromatic N) is 6. The molecule has 0 aliphatic heterocycles. The Morgan fingerprint density at radius 2 is 0.674 bits per heavy atom. The maximum Gasteiger partial charge on any atom is 2.00 e. The van der Waals surface area contributed by atoms with Crippen LogP contribution in [0.25, 0.3) is 34.2 Å². The van der Waals surface area contributed by atoms with Crippen molar-refractivity contribution in [1.29, 1.82) is 0 Å². The van der Waals surface area contributed by atoms with Gasteiger partial charge in [-0.1, -0.05) is 24.3 Å². The molecule has 6 aromatic heterocycles. The summed E-state index contributed by atoms with van der Waals surface area (Å²) in [6.07, 6.45) is 9.64. The van der Waals surface area contributed by atoms with Crippen LogP contribution in [-0.2, 0) is 19.5 Å². The molecule has 0 saturated carbocycles. The van der Waals surface area contributed by atoms with E-state index < -0.39 is 11.9 Å².